The van der Waals surface area contributed by atoms with Gasteiger partial charge in [0.15, 0.2) is 5.78 Å². The summed E-state index contributed by atoms with van der Waals surface area (Å²) in [5.41, 5.74) is 1.39. The van der Waals surface area contributed by atoms with Gasteiger partial charge < -0.3 is 10.4 Å². The minimum absolute atomic E-state index is 0.00598. The minimum Gasteiger partial charge on any atom is -0.481 e. The van der Waals surface area contributed by atoms with Gasteiger partial charge in [-0.15, -0.1) is 0 Å². The number of carboxylic acid groups (broad SMARTS) is 1. The number of hydrogen-bond donors (Lipinski definition) is 2. The maximum Gasteiger partial charge on any atom is 0.314 e. The van der Waals surface area contributed by atoms with Crippen LogP contribution < -0.4 is 5.32 Å². The number of hydrogen-bond acceptors (Lipinski definition) is 3. The molecular formula is C16H21NO4. The Morgan fingerprint density at radius 2 is 1.76 bits per heavy atom. The third kappa shape index (κ3) is 5.02. The highest BCUT2D eigenvalue weighted by Crippen LogP contribution is 2.14. The largest absolute Gasteiger partial charge is 0.481 e. The molecule has 0 saturated carbocycles. The summed E-state index contributed by atoms with van der Waals surface area (Å²) in [6.07, 6.45) is 0.930. The van der Waals surface area contributed by atoms with Crippen molar-refractivity contribution in [2.24, 2.45) is 5.92 Å². The summed E-state index contributed by atoms with van der Waals surface area (Å²) in [7, 11) is 0. The van der Waals surface area contributed by atoms with Crippen molar-refractivity contribution in [3.63, 3.8) is 0 Å². The van der Waals surface area contributed by atoms with Crippen LogP contribution in [-0.4, -0.2) is 28.8 Å². The van der Waals surface area contributed by atoms with Crippen molar-refractivity contribution < 1.29 is 19.5 Å². The van der Waals surface area contributed by atoms with E-state index in [2.05, 4.69) is 5.32 Å². The molecule has 0 bridgehead atoms. The average molecular weight is 291 g/mol. The molecule has 0 heterocycles. The van der Waals surface area contributed by atoms with E-state index in [9.17, 15) is 14.4 Å². The highest BCUT2D eigenvalue weighted by molar-refractivity contribution is 6.08. The highest BCUT2D eigenvalue weighted by atomic mass is 16.4. The smallest absolute Gasteiger partial charge is 0.314 e. The molecule has 2 unspecified atom stereocenters. The van der Waals surface area contributed by atoms with Crippen LogP contribution in [0.5, 0.6) is 0 Å². The van der Waals surface area contributed by atoms with Crippen LogP contribution in [0.25, 0.3) is 0 Å². The first-order chi connectivity index (χ1) is 9.85. The number of rotatable bonds is 7. The van der Waals surface area contributed by atoms with Crippen molar-refractivity contribution in [1.29, 1.82) is 0 Å². The second kappa shape index (κ2) is 7.57. The summed E-state index contributed by atoms with van der Waals surface area (Å²) in [4.78, 5) is 34.0. The first-order valence-corrected chi connectivity index (χ1v) is 6.98. The third-order valence-corrected chi connectivity index (χ3v) is 3.25. The number of nitrogens with one attached hydrogen (secondary N) is 1. The van der Waals surface area contributed by atoms with Gasteiger partial charge in [-0.25, -0.2) is 0 Å². The quantitative estimate of drug-likeness (QED) is 0.595. The third-order valence-electron chi connectivity index (χ3n) is 3.25. The lowest BCUT2D eigenvalue weighted by atomic mass is 9.94. The lowest BCUT2D eigenvalue weighted by Gasteiger charge is -2.13. The molecule has 2 atom stereocenters. The summed E-state index contributed by atoms with van der Waals surface area (Å²) in [6.45, 7) is 5.05. The van der Waals surface area contributed by atoms with E-state index in [1.54, 1.807) is 31.2 Å². The molecular weight excluding hydrogens is 270 g/mol. The van der Waals surface area contributed by atoms with Gasteiger partial charge in [-0.2, -0.15) is 0 Å². The fourth-order valence-corrected chi connectivity index (χ4v) is 2.23. The number of carbonyl (C=O) groups is 3. The van der Waals surface area contributed by atoms with Crippen LogP contribution in [0.1, 0.15) is 43.1 Å². The molecule has 5 heteroatoms. The summed E-state index contributed by atoms with van der Waals surface area (Å²) in [6, 6.07) is 6.87. The summed E-state index contributed by atoms with van der Waals surface area (Å²) >= 11 is 0. The van der Waals surface area contributed by atoms with Gasteiger partial charge >= 0.3 is 5.97 Å². The first kappa shape index (κ1) is 16.9. The molecule has 21 heavy (non-hydrogen) atoms. The van der Waals surface area contributed by atoms with Crippen LogP contribution in [0, 0.1) is 5.92 Å². The first-order valence-electron chi connectivity index (χ1n) is 6.98. The Bertz CT molecular complexity index is 522. The molecule has 0 aliphatic rings. The number of carboxylic acids is 1. The van der Waals surface area contributed by atoms with E-state index in [0.717, 1.165) is 5.56 Å². The average Bonchev–Trinajstić information content (AvgIpc) is 2.38. The normalized spacial score (nSPS) is 13.3. The van der Waals surface area contributed by atoms with Gasteiger partial charge in [-0.1, -0.05) is 31.2 Å². The van der Waals surface area contributed by atoms with Crippen molar-refractivity contribution in [2.45, 2.75) is 39.7 Å². The van der Waals surface area contributed by atoms with E-state index >= 15 is 0 Å². The Morgan fingerprint density at radius 1 is 1.19 bits per heavy atom. The van der Waals surface area contributed by atoms with Gasteiger partial charge in [-0.3, -0.25) is 14.4 Å². The lowest BCUT2D eigenvalue weighted by Crippen LogP contribution is -2.32. The Balaban J connectivity index is 2.76. The standard InChI is InChI=1S/C16H21NO4/c1-4-14(16(20)21)15(19)13-7-5-12(6-8-13)9-10(2)17-11(3)18/h5-8,10,14H,4,9H2,1-3H3,(H,17,18)(H,20,21). The molecule has 0 aliphatic heterocycles. The maximum absolute atomic E-state index is 12.1. The molecule has 0 spiro atoms. The molecule has 0 radical (unpaired) electrons. The lowest BCUT2D eigenvalue weighted by molar-refractivity contribution is -0.140. The Morgan fingerprint density at radius 3 is 2.19 bits per heavy atom. The van der Waals surface area contributed by atoms with Crippen molar-refractivity contribution in [3.8, 4) is 0 Å². The molecule has 114 valence electrons. The van der Waals surface area contributed by atoms with E-state index in [0.29, 0.717) is 12.0 Å². The van der Waals surface area contributed by atoms with Crippen molar-refractivity contribution in [1.82, 2.24) is 5.32 Å². The molecule has 0 aliphatic carbocycles. The van der Waals surface area contributed by atoms with Crippen LogP contribution in [0.2, 0.25) is 0 Å². The molecule has 1 amide bonds. The van der Waals surface area contributed by atoms with E-state index < -0.39 is 11.9 Å². The van der Waals surface area contributed by atoms with E-state index in [-0.39, 0.29) is 24.2 Å². The van der Waals surface area contributed by atoms with E-state index in [1.807, 2.05) is 6.92 Å². The summed E-state index contributed by atoms with van der Waals surface area (Å²) in [5, 5.41) is 11.8. The number of Topliss-reactive ketones (excluding diaryl/α,β-unsaturated/α-hetero) is 1. The van der Waals surface area contributed by atoms with Crippen molar-refractivity contribution in [2.75, 3.05) is 0 Å². The predicted octanol–water partition coefficient (Wildman–Crippen LogP) is 2.05. The highest BCUT2D eigenvalue weighted by Gasteiger charge is 2.25. The fourth-order valence-electron chi connectivity index (χ4n) is 2.23. The van der Waals surface area contributed by atoms with Gasteiger partial charge in [0.2, 0.25) is 5.91 Å². The zero-order valence-corrected chi connectivity index (χ0v) is 12.6. The summed E-state index contributed by atoms with van der Waals surface area (Å²) < 4.78 is 0. The molecule has 1 aromatic carbocycles. The molecule has 2 N–H and O–H groups in total. The fraction of sp³-hybridized carbons (Fsp3) is 0.438. The van der Waals surface area contributed by atoms with Gasteiger partial charge in [-0.05, 0) is 25.3 Å². The second-order valence-corrected chi connectivity index (χ2v) is 5.17. The van der Waals surface area contributed by atoms with Gasteiger partial charge in [0.05, 0.1) is 0 Å². The molecule has 0 saturated heterocycles. The van der Waals surface area contributed by atoms with Crippen LogP contribution in [0.15, 0.2) is 24.3 Å². The molecule has 0 fully saturated rings. The van der Waals surface area contributed by atoms with Gasteiger partial charge in [0, 0.05) is 18.5 Å². The second-order valence-electron chi connectivity index (χ2n) is 5.17. The van der Waals surface area contributed by atoms with Gasteiger partial charge in [0.25, 0.3) is 0 Å². The number of benzene rings is 1. The van der Waals surface area contributed by atoms with Crippen LogP contribution in [0.4, 0.5) is 0 Å². The molecule has 0 aromatic heterocycles. The predicted molar refractivity (Wildman–Crippen MR) is 79.2 cm³/mol. The van der Waals surface area contributed by atoms with Crippen LogP contribution in [-0.2, 0) is 16.0 Å². The van der Waals surface area contributed by atoms with E-state index in [1.165, 1.54) is 6.92 Å². The maximum atomic E-state index is 12.1. The molecule has 1 aromatic rings. The Labute approximate surface area is 124 Å². The van der Waals surface area contributed by atoms with Crippen LogP contribution in [0.3, 0.4) is 0 Å². The monoisotopic (exact) mass is 291 g/mol. The topological polar surface area (TPSA) is 83.5 Å². The number of carbonyl (C=O) groups excluding carboxylic acids is 2. The van der Waals surface area contributed by atoms with Crippen LogP contribution >= 0.6 is 0 Å². The SMILES string of the molecule is CCC(C(=O)O)C(=O)c1ccc(CC(C)NC(C)=O)cc1. The Hall–Kier alpha value is -2.17. The van der Waals surface area contributed by atoms with E-state index in [4.69, 9.17) is 5.11 Å². The minimum atomic E-state index is -1.09. The molecule has 1 rings (SSSR count). The number of ketones is 1. The molecule has 5 nitrogen and oxygen atoms in total. The van der Waals surface area contributed by atoms with Crippen molar-refractivity contribution in [3.05, 3.63) is 35.4 Å². The summed E-state index contributed by atoms with van der Waals surface area (Å²) in [5.74, 6) is -2.53. The van der Waals surface area contributed by atoms with Crippen molar-refractivity contribution >= 4 is 17.7 Å². The number of aliphatic carboxylic acids is 1. The zero-order valence-electron chi connectivity index (χ0n) is 12.6. The van der Waals surface area contributed by atoms with Gasteiger partial charge in [0.1, 0.15) is 5.92 Å². The zero-order chi connectivity index (χ0) is 16.0. The Kier molecular flexibility index (Phi) is 6.09. The number of amides is 1.